The van der Waals surface area contributed by atoms with Crippen molar-refractivity contribution in [1.29, 1.82) is 0 Å². The van der Waals surface area contributed by atoms with Gasteiger partial charge in [0.1, 0.15) is 0 Å². The van der Waals surface area contributed by atoms with Gasteiger partial charge in [-0.25, -0.2) is 0 Å². The summed E-state index contributed by atoms with van der Waals surface area (Å²) in [6.45, 7) is 9.84. The van der Waals surface area contributed by atoms with E-state index in [9.17, 15) is 0 Å². The van der Waals surface area contributed by atoms with Crippen LogP contribution in [0, 0.1) is 5.92 Å². The van der Waals surface area contributed by atoms with Crippen molar-refractivity contribution in [2.24, 2.45) is 5.92 Å². The van der Waals surface area contributed by atoms with Gasteiger partial charge in [0.25, 0.3) is 0 Å². The van der Waals surface area contributed by atoms with Crippen LogP contribution in [-0.4, -0.2) is 62.2 Å². The van der Waals surface area contributed by atoms with Crippen LogP contribution in [0.4, 0.5) is 0 Å². The predicted molar refractivity (Wildman–Crippen MR) is 64.1 cm³/mol. The second-order valence-corrected chi connectivity index (χ2v) is 5.09. The van der Waals surface area contributed by atoms with Gasteiger partial charge in [-0.2, -0.15) is 0 Å². The van der Waals surface area contributed by atoms with E-state index in [1.165, 1.54) is 52.1 Å². The highest BCUT2D eigenvalue weighted by molar-refractivity contribution is 4.89. The third kappa shape index (κ3) is 2.71. The molecule has 0 saturated carbocycles. The molecule has 0 aromatic rings. The summed E-state index contributed by atoms with van der Waals surface area (Å²) in [5.74, 6) is 0.883. The number of nitrogens with one attached hydrogen (secondary N) is 1. The number of hydrogen-bond acceptors (Lipinski definition) is 3. The number of likely N-dealkylation sites (N-methyl/N-ethyl adjacent to an activating group) is 1. The zero-order chi connectivity index (χ0) is 10.7. The summed E-state index contributed by atoms with van der Waals surface area (Å²) < 4.78 is 0. The highest BCUT2D eigenvalue weighted by Crippen LogP contribution is 2.20. The van der Waals surface area contributed by atoms with E-state index in [0.29, 0.717) is 0 Å². The molecule has 2 rings (SSSR count). The first-order valence-corrected chi connectivity index (χ1v) is 6.44. The molecule has 0 bridgehead atoms. The lowest BCUT2D eigenvalue weighted by Crippen LogP contribution is -2.42. The normalized spacial score (nSPS) is 35.6. The molecular formula is C12H25N3. The van der Waals surface area contributed by atoms with Gasteiger partial charge in [0.15, 0.2) is 0 Å². The van der Waals surface area contributed by atoms with Gasteiger partial charge in [0, 0.05) is 25.7 Å². The van der Waals surface area contributed by atoms with Gasteiger partial charge in [0.2, 0.25) is 0 Å². The second kappa shape index (κ2) is 5.28. The van der Waals surface area contributed by atoms with Crippen LogP contribution in [0.25, 0.3) is 0 Å². The molecule has 2 aliphatic rings. The molecular weight excluding hydrogens is 186 g/mol. The standard InChI is InChI=1S/C12H25N3/c1-3-11-9-13-10-12(11)15-6-4-5-14(2)7-8-15/h11-13H,3-10H2,1-2H3. The lowest BCUT2D eigenvalue weighted by molar-refractivity contribution is 0.175. The van der Waals surface area contributed by atoms with Gasteiger partial charge in [-0.05, 0) is 39.0 Å². The lowest BCUT2D eigenvalue weighted by Gasteiger charge is -2.30. The first kappa shape index (κ1) is 11.4. The Kier molecular flexibility index (Phi) is 4.00. The van der Waals surface area contributed by atoms with Gasteiger partial charge in [-0.3, -0.25) is 4.90 Å². The van der Waals surface area contributed by atoms with Gasteiger partial charge in [-0.1, -0.05) is 13.3 Å². The minimum atomic E-state index is 0.807. The van der Waals surface area contributed by atoms with E-state index in [2.05, 4.69) is 29.1 Å². The SMILES string of the molecule is CCC1CNCC1N1CCCN(C)CC1. The fraction of sp³-hybridized carbons (Fsp3) is 1.00. The summed E-state index contributed by atoms with van der Waals surface area (Å²) in [5.41, 5.74) is 0. The summed E-state index contributed by atoms with van der Waals surface area (Å²) in [6, 6.07) is 0.807. The molecule has 0 aliphatic carbocycles. The van der Waals surface area contributed by atoms with E-state index >= 15 is 0 Å². The summed E-state index contributed by atoms with van der Waals surface area (Å²) >= 11 is 0. The third-order valence-corrected chi connectivity index (χ3v) is 4.05. The number of nitrogens with zero attached hydrogens (tertiary/aromatic N) is 2. The van der Waals surface area contributed by atoms with E-state index in [1.807, 2.05) is 0 Å². The van der Waals surface area contributed by atoms with Crippen LogP contribution < -0.4 is 5.32 Å². The Bertz CT molecular complexity index is 195. The van der Waals surface area contributed by atoms with Crippen molar-refractivity contribution in [3.63, 3.8) is 0 Å². The van der Waals surface area contributed by atoms with Crippen molar-refractivity contribution in [2.75, 3.05) is 46.3 Å². The molecule has 3 nitrogen and oxygen atoms in total. The topological polar surface area (TPSA) is 18.5 Å². The monoisotopic (exact) mass is 211 g/mol. The Morgan fingerprint density at radius 2 is 2.00 bits per heavy atom. The van der Waals surface area contributed by atoms with Crippen LogP contribution >= 0.6 is 0 Å². The zero-order valence-electron chi connectivity index (χ0n) is 10.2. The van der Waals surface area contributed by atoms with Crippen LogP contribution in [0.5, 0.6) is 0 Å². The second-order valence-electron chi connectivity index (χ2n) is 5.09. The van der Waals surface area contributed by atoms with Crippen molar-refractivity contribution >= 4 is 0 Å². The summed E-state index contributed by atoms with van der Waals surface area (Å²) in [6.07, 6.45) is 2.66. The fourth-order valence-corrected chi connectivity index (χ4v) is 2.96. The van der Waals surface area contributed by atoms with Crippen molar-refractivity contribution in [2.45, 2.75) is 25.8 Å². The molecule has 0 aromatic heterocycles. The minimum Gasteiger partial charge on any atom is -0.315 e. The molecule has 2 atom stereocenters. The molecule has 15 heavy (non-hydrogen) atoms. The Labute approximate surface area is 93.8 Å². The Morgan fingerprint density at radius 3 is 2.80 bits per heavy atom. The molecule has 0 radical (unpaired) electrons. The molecule has 3 heteroatoms. The number of rotatable bonds is 2. The zero-order valence-corrected chi connectivity index (χ0v) is 10.2. The van der Waals surface area contributed by atoms with Crippen molar-refractivity contribution in [3.8, 4) is 0 Å². The van der Waals surface area contributed by atoms with Crippen LogP contribution in [0.1, 0.15) is 19.8 Å². The molecule has 88 valence electrons. The van der Waals surface area contributed by atoms with Gasteiger partial charge >= 0.3 is 0 Å². The summed E-state index contributed by atoms with van der Waals surface area (Å²) in [7, 11) is 2.24. The van der Waals surface area contributed by atoms with Crippen molar-refractivity contribution in [1.82, 2.24) is 15.1 Å². The Morgan fingerprint density at radius 1 is 1.13 bits per heavy atom. The molecule has 2 unspecified atom stereocenters. The van der Waals surface area contributed by atoms with Crippen LogP contribution in [-0.2, 0) is 0 Å². The largest absolute Gasteiger partial charge is 0.315 e. The maximum atomic E-state index is 3.55. The molecule has 2 heterocycles. The average Bonchev–Trinajstić information content (AvgIpc) is 2.61. The van der Waals surface area contributed by atoms with Crippen LogP contribution in [0.15, 0.2) is 0 Å². The van der Waals surface area contributed by atoms with Crippen molar-refractivity contribution in [3.05, 3.63) is 0 Å². The molecule has 0 amide bonds. The highest BCUT2D eigenvalue weighted by atomic mass is 15.2. The first-order chi connectivity index (χ1) is 7.31. The maximum absolute atomic E-state index is 3.55. The first-order valence-electron chi connectivity index (χ1n) is 6.44. The summed E-state index contributed by atoms with van der Waals surface area (Å²) in [5, 5.41) is 3.55. The molecule has 2 saturated heterocycles. The highest BCUT2D eigenvalue weighted by Gasteiger charge is 2.31. The molecule has 0 aromatic carbocycles. The van der Waals surface area contributed by atoms with Crippen LogP contribution in [0.3, 0.4) is 0 Å². The Balaban J connectivity index is 1.91. The Hall–Kier alpha value is -0.120. The molecule has 0 spiro atoms. The summed E-state index contributed by atoms with van der Waals surface area (Å²) in [4.78, 5) is 5.18. The van der Waals surface area contributed by atoms with E-state index in [1.54, 1.807) is 0 Å². The number of hydrogen-bond donors (Lipinski definition) is 1. The van der Waals surface area contributed by atoms with E-state index in [4.69, 9.17) is 0 Å². The minimum absolute atomic E-state index is 0.807. The quantitative estimate of drug-likeness (QED) is 0.722. The van der Waals surface area contributed by atoms with E-state index < -0.39 is 0 Å². The lowest BCUT2D eigenvalue weighted by atomic mass is 9.99. The van der Waals surface area contributed by atoms with E-state index in [-0.39, 0.29) is 0 Å². The van der Waals surface area contributed by atoms with E-state index in [0.717, 1.165) is 12.0 Å². The van der Waals surface area contributed by atoms with Gasteiger partial charge < -0.3 is 10.2 Å². The van der Waals surface area contributed by atoms with Gasteiger partial charge in [0.05, 0.1) is 0 Å². The third-order valence-electron chi connectivity index (χ3n) is 4.05. The van der Waals surface area contributed by atoms with Crippen LogP contribution in [0.2, 0.25) is 0 Å². The predicted octanol–water partition coefficient (Wildman–Crippen LogP) is 0.622. The fourth-order valence-electron chi connectivity index (χ4n) is 2.96. The molecule has 2 aliphatic heterocycles. The van der Waals surface area contributed by atoms with Gasteiger partial charge in [-0.15, -0.1) is 0 Å². The molecule has 1 N–H and O–H groups in total. The van der Waals surface area contributed by atoms with Crippen molar-refractivity contribution < 1.29 is 0 Å². The maximum Gasteiger partial charge on any atom is 0.0261 e. The molecule has 2 fully saturated rings. The smallest absolute Gasteiger partial charge is 0.0261 e. The average molecular weight is 211 g/mol.